The topological polar surface area (TPSA) is 54.5 Å². The Kier molecular flexibility index (Phi) is 8.06. The SMILES string of the molecule is Cc1csc(N(C(=O)Nc2ccc(Br)cc2)C(C)CCO[Si](C)(C)C(C)(C)C)n1. The molecule has 0 fully saturated rings. The third-order valence-corrected chi connectivity index (χ3v) is 11.4. The van der Waals surface area contributed by atoms with Gasteiger partial charge >= 0.3 is 6.03 Å². The molecule has 29 heavy (non-hydrogen) atoms. The Morgan fingerprint density at radius 2 is 1.93 bits per heavy atom. The average molecular weight is 499 g/mol. The Bertz CT molecular complexity index is 818. The van der Waals surface area contributed by atoms with E-state index in [0.29, 0.717) is 11.7 Å². The molecule has 8 heteroatoms. The van der Waals surface area contributed by atoms with E-state index in [1.807, 2.05) is 43.5 Å². The van der Waals surface area contributed by atoms with Crippen molar-refractivity contribution in [1.82, 2.24) is 4.98 Å². The number of rotatable bonds is 7. The molecule has 1 atom stereocenters. The van der Waals surface area contributed by atoms with E-state index in [-0.39, 0.29) is 17.1 Å². The summed E-state index contributed by atoms with van der Waals surface area (Å²) in [5, 5.41) is 5.83. The van der Waals surface area contributed by atoms with Crippen LogP contribution in [0, 0.1) is 6.92 Å². The van der Waals surface area contributed by atoms with Crippen molar-refractivity contribution >= 4 is 52.4 Å². The van der Waals surface area contributed by atoms with E-state index < -0.39 is 8.32 Å². The maximum absolute atomic E-state index is 13.1. The molecule has 1 unspecified atom stereocenters. The number of anilines is 2. The summed E-state index contributed by atoms with van der Waals surface area (Å²) in [5.41, 5.74) is 1.66. The van der Waals surface area contributed by atoms with Crippen LogP contribution in [0.15, 0.2) is 34.1 Å². The number of nitrogens with zero attached hydrogens (tertiary/aromatic N) is 2. The van der Waals surface area contributed by atoms with Crippen LogP contribution >= 0.6 is 27.3 Å². The van der Waals surface area contributed by atoms with Crippen molar-refractivity contribution in [1.29, 1.82) is 0 Å². The van der Waals surface area contributed by atoms with Crippen LogP contribution in [0.1, 0.15) is 39.8 Å². The second kappa shape index (κ2) is 9.72. The Hall–Kier alpha value is -1.22. The van der Waals surface area contributed by atoms with Crippen LogP contribution in [0.3, 0.4) is 0 Å². The van der Waals surface area contributed by atoms with Gasteiger partial charge in [-0.05, 0) is 62.7 Å². The Labute approximate surface area is 188 Å². The summed E-state index contributed by atoms with van der Waals surface area (Å²) in [7, 11) is -1.81. The third kappa shape index (κ3) is 6.63. The van der Waals surface area contributed by atoms with Crippen LogP contribution in [-0.4, -0.2) is 32.0 Å². The lowest BCUT2D eigenvalue weighted by Gasteiger charge is -2.37. The van der Waals surface area contributed by atoms with Gasteiger partial charge in [0.05, 0.1) is 5.69 Å². The first kappa shape index (κ1) is 24.1. The largest absolute Gasteiger partial charge is 0.417 e. The highest BCUT2D eigenvalue weighted by molar-refractivity contribution is 9.10. The molecule has 2 rings (SSSR count). The molecular weight excluding hydrogens is 466 g/mol. The number of carbonyl (C=O) groups excluding carboxylic acids is 1. The Balaban J connectivity index is 2.11. The summed E-state index contributed by atoms with van der Waals surface area (Å²) in [6, 6.07) is 7.34. The molecule has 0 saturated heterocycles. The second-order valence-electron chi connectivity index (χ2n) is 8.82. The molecule has 0 saturated carbocycles. The number of hydrogen-bond donors (Lipinski definition) is 1. The molecule has 0 spiro atoms. The molecule has 0 bridgehead atoms. The molecule has 0 aliphatic rings. The van der Waals surface area contributed by atoms with Crippen LogP contribution < -0.4 is 10.2 Å². The highest BCUT2D eigenvalue weighted by Gasteiger charge is 2.37. The third-order valence-electron chi connectivity index (χ3n) is 5.37. The van der Waals surface area contributed by atoms with E-state index in [0.717, 1.165) is 22.3 Å². The number of thiazole rings is 1. The number of aryl methyl sites for hydroxylation is 1. The van der Waals surface area contributed by atoms with Gasteiger partial charge in [-0.15, -0.1) is 11.3 Å². The van der Waals surface area contributed by atoms with Crippen LogP contribution in [0.2, 0.25) is 18.1 Å². The number of urea groups is 1. The smallest absolute Gasteiger partial charge is 0.328 e. The van der Waals surface area contributed by atoms with Gasteiger partial charge in [-0.2, -0.15) is 0 Å². The second-order valence-corrected chi connectivity index (χ2v) is 15.4. The van der Waals surface area contributed by atoms with E-state index in [4.69, 9.17) is 4.43 Å². The lowest BCUT2D eigenvalue weighted by atomic mass is 10.2. The molecule has 1 aromatic heterocycles. The van der Waals surface area contributed by atoms with Crippen LogP contribution in [0.25, 0.3) is 0 Å². The highest BCUT2D eigenvalue weighted by atomic mass is 79.9. The minimum absolute atomic E-state index is 0.0410. The van der Waals surface area contributed by atoms with Crippen molar-refractivity contribution in [2.75, 3.05) is 16.8 Å². The van der Waals surface area contributed by atoms with E-state index >= 15 is 0 Å². The van der Waals surface area contributed by atoms with Gasteiger partial charge in [0.25, 0.3) is 0 Å². The molecule has 2 aromatic rings. The van der Waals surface area contributed by atoms with Gasteiger partial charge in [0, 0.05) is 28.2 Å². The lowest BCUT2D eigenvalue weighted by molar-refractivity contribution is 0.249. The number of nitrogens with one attached hydrogen (secondary N) is 1. The maximum atomic E-state index is 13.1. The number of benzene rings is 1. The van der Waals surface area contributed by atoms with Gasteiger partial charge in [0.1, 0.15) is 0 Å². The Morgan fingerprint density at radius 3 is 2.45 bits per heavy atom. The number of hydrogen-bond acceptors (Lipinski definition) is 4. The average Bonchev–Trinajstić information content (AvgIpc) is 3.02. The minimum Gasteiger partial charge on any atom is -0.417 e. The molecule has 1 heterocycles. The van der Waals surface area contributed by atoms with Gasteiger partial charge in [-0.1, -0.05) is 36.7 Å². The molecule has 1 N–H and O–H groups in total. The highest BCUT2D eigenvalue weighted by Crippen LogP contribution is 2.36. The summed E-state index contributed by atoms with van der Waals surface area (Å²) >= 11 is 4.90. The number of amides is 2. The predicted molar refractivity (Wildman–Crippen MR) is 130 cm³/mol. The van der Waals surface area contributed by atoms with E-state index in [2.05, 4.69) is 60.1 Å². The summed E-state index contributed by atoms with van der Waals surface area (Å²) in [4.78, 5) is 19.4. The van der Waals surface area contributed by atoms with Crippen molar-refractivity contribution in [3.63, 3.8) is 0 Å². The molecule has 160 valence electrons. The monoisotopic (exact) mass is 497 g/mol. The fraction of sp³-hybridized carbons (Fsp3) is 0.524. The van der Waals surface area contributed by atoms with E-state index in [9.17, 15) is 4.79 Å². The van der Waals surface area contributed by atoms with E-state index in [1.165, 1.54) is 11.3 Å². The fourth-order valence-corrected chi connectivity index (χ4v) is 4.70. The summed E-state index contributed by atoms with van der Waals surface area (Å²) in [6.45, 7) is 15.8. The molecule has 2 amide bonds. The molecular formula is C21H32BrN3O2SSi. The maximum Gasteiger partial charge on any atom is 0.328 e. The van der Waals surface area contributed by atoms with Crippen molar-refractivity contribution in [2.45, 2.75) is 65.2 Å². The first-order valence-corrected chi connectivity index (χ1v) is 14.4. The molecule has 5 nitrogen and oxygen atoms in total. The first-order chi connectivity index (χ1) is 13.4. The number of halogens is 1. The zero-order valence-electron chi connectivity index (χ0n) is 18.4. The van der Waals surface area contributed by atoms with Crippen molar-refractivity contribution in [3.8, 4) is 0 Å². The molecule has 1 aromatic carbocycles. The van der Waals surface area contributed by atoms with Crippen LogP contribution in [0.5, 0.6) is 0 Å². The van der Waals surface area contributed by atoms with Gasteiger partial charge in [-0.25, -0.2) is 9.78 Å². The standard InChI is InChI=1S/C21H32BrN3O2SSi/c1-15-14-28-20(23-15)25(19(26)24-18-10-8-17(22)9-11-18)16(2)12-13-27-29(6,7)21(3,4)5/h8-11,14,16H,12-13H2,1-7H3,(H,24,26). The first-order valence-electron chi connectivity index (χ1n) is 9.82. The van der Waals surface area contributed by atoms with Crippen molar-refractivity contribution < 1.29 is 9.22 Å². The summed E-state index contributed by atoms with van der Waals surface area (Å²) in [5.74, 6) is 0. The van der Waals surface area contributed by atoms with Gasteiger partial charge in [0.15, 0.2) is 13.4 Å². The molecule has 0 aliphatic carbocycles. The molecule has 0 radical (unpaired) electrons. The number of carbonyl (C=O) groups is 1. The van der Waals surface area contributed by atoms with Gasteiger partial charge in [0.2, 0.25) is 0 Å². The van der Waals surface area contributed by atoms with Crippen LogP contribution in [-0.2, 0) is 4.43 Å². The summed E-state index contributed by atoms with van der Waals surface area (Å²) in [6.07, 6.45) is 0.749. The van der Waals surface area contributed by atoms with Crippen molar-refractivity contribution in [3.05, 3.63) is 39.8 Å². The zero-order valence-corrected chi connectivity index (χ0v) is 21.8. The Morgan fingerprint density at radius 1 is 1.31 bits per heavy atom. The van der Waals surface area contributed by atoms with E-state index in [1.54, 1.807) is 4.90 Å². The van der Waals surface area contributed by atoms with Crippen molar-refractivity contribution in [2.24, 2.45) is 0 Å². The predicted octanol–water partition coefficient (Wildman–Crippen LogP) is 7.05. The fourth-order valence-electron chi connectivity index (χ4n) is 2.47. The normalized spacial score (nSPS) is 13.2. The zero-order chi connectivity index (χ0) is 21.8. The van der Waals surface area contributed by atoms with Gasteiger partial charge < -0.3 is 9.74 Å². The quantitative estimate of drug-likeness (QED) is 0.416. The summed E-state index contributed by atoms with van der Waals surface area (Å²) < 4.78 is 7.30. The minimum atomic E-state index is -1.81. The molecule has 0 aliphatic heterocycles. The lowest BCUT2D eigenvalue weighted by Crippen LogP contribution is -2.44. The number of aromatic nitrogens is 1. The van der Waals surface area contributed by atoms with Crippen LogP contribution in [0.4, 0.5) is 15.6 Å². The van der Waals surface area contributed by atoms with Gasteiger partial charge in [-0.3, -0.25) is 4.90 Å².